The zero-order valence-electron chi connectivity index (χ0n) is 11.5. The number of hydrogen-bond donors (Lipinski definition) is 1. The second-order valence-electron chi connectivity index (χ2n) is 4.50. The summed E-state index contributed by atoms with van der Waals surface area (Å²) in [5.74, 6) is -0.311. The third-order valence-electron chi connectivity index (χ3n) is 3.06. The Kier molecular flexibility index (Phi) is 5.79. The molecule has 1 N–H and O–H groups in total. The van der Waals surface area contributed by atoms with Gasteiger partial charge in [-0.05, 0) is 39.2 Å². The molecule has 21 heavy (non-hydrogen) atoms. The lowest BCUT2D eigenvalue weighted by atomic mass is 10.1. The van der Waals surface area contributed by atoms with Gasteiger partial charge in [0.05, 0.1) is 12.1 Å². The molecule has 0 heterocycles. The van der Waals surface area contributed by atoms with Crippen molar-refractivity contribution >= 4 is 33.5 Å². The van der Waals surface area contributed by atoms with Crippen LogP contribution in [-0.2, 0) is 16.1 Å². The van der Waals surface area contributed by atoms with E-state index < -0.39 is 6.04 Å². The maximum Gasteiger partial charge on any atom is 0.327 e. The van der Waals surface area contributed by atoms with Crippen LogP contribution < -0.4 is 5.32 Å². The molecule has 3 nitrogen and oxygen atoms in total. The number of halogens is 2. The first-order chi connectivity index (χ1) is 10.1. The molecule has 0 saturated carbocycles. The molecule has 5 heteroatoms. The summed E-state index contributed by atoms with van der Waals surface area (Å²) in [4.78, 5) is 11.9. The third-order valence-corrected chi connectivity index (χ3v) is 4.28. The first-order valence-electron chi connectivity index (χ1n) is 6.42. The molecule has 0 aliphatic carbocycles. The fourth-order valence-corrected chi connectivity index (χ4v) is 2.51. The highest BCUT2D eigenvalue weighted by Gasteiger charge is 2.20. The van der Waals surface area contributed by atoms with Gasteiger partial charge in [-0.2, -0.15) is 0 Å². The summed E-state index contributed by atoms with van der Waals surface area (Å²) in [6.45, 7) is 0.532. The fraction of sp³-hybridized carbons (Fsp3) is 0.188. The van der Waals surface area contributed by atoms with E-state index in [0.717, 1.165) is 15.6 Å². The molecule has 2 rings (SSSR count). The summed E-state index contributed by atoms with van der Waals surface area (Å²) in [7, 11) is 1.39. The van der Waals surface area contributed by atoms with Crippen molar-refractivity contribution < 1.29 is 9.53 Å². The monoisotopic (exact) mass is 367 g/mol. The molecule has 110 valence electrons. The number of carbonyl (C=O) groups is 1. The highest BCUT2D eigenvalue weighted by atomic mass is 79.9. The summed E-state index contributed by atoms with van der Waals surface area (Å²) < 4.78 is 5.70. The van der Waals surface area contributed by atoms with Crippen LogP contribution in [0.2, 0.25) is 5.02 Å². The molecule has 1 atom stereocenters. The largest absolute Gasteiger partial charge is 0.468 e. The molecular weight excluding hydrogens is 354 g/mol. The minimum atomic E-state index is -0.495. The number of benzene rings is 2. The number of methoxy groups -OCH3 is 1. The summed E-state index contributed by atoms with van der Waals surface area (Å²) >= 11 is 9.36. The molecule has 0 saturated heterocycles. The maximum absolute atomic E-state index is 11.9. The van der Waals surface area contributed by atoms with Gasteiger partial charge in [0.1, 0.15) is 6.04 Å². The van der Waals surface area contributed by atoms with Gasteiger partial charge in [0, 0.05) is 11.0 Å². The van der Waals surface area contributed by atoms with Gasteiger partial charge in [-0.15, -0.1) is 0 Å². The van der Waals surface area contributed by atoms with Gasteiger partial charge in [0.15, 0.2) is 0 Å². The number of esters is 1. The van der Waals surface area contributed by atoms with E-state index in [1.54, 1.807) is 0 Å². The number of nitrogens with one attached hydrogen (secondary N) is 1. The Morgan fingerprint density at radius 3 is 2.62 bits per heavy atom. The van der Waals surface area contributed by atoms with Crippen LogP contribution in [0.5, 0.6) is 0 Å². The fourth-order valence-electron chi connectivity index (χ4n) is 1.97. The van der Waals surface area contributed by atoms with Gasteiger partial charge in [0.2, 0.25) is 0 Å². The van der Waals surface area contributed by atoms with Crippen molar-refractivity contribution in [1.82, 2.24) is 5.32 Å². The van der Waals surface area contributed by atoms with E-state index >= 15 is 0 Å². The normalized spacial score (nSPS) is 12.0. The number of rotatable bonds is 5. The van der Waals surface area contributed by atoms with E-state index in [-0.39, 0.29) is 5.97 Å². The van der Waals surface area contributed by atoms with E-state index in [1.165, 1.54) is 7.11 Å². The van der Waals surface area contributed by atoms with Crippen molar-refractivity contribution in [2.75, 3.05) is 7.11 Å². The summed E-state index contributed by atoms with van der Waals surface area (Å²) in [5, 5.41) is 3.87. The molecule has 0 aliphatic heterocycles. The van der Waals surface area contributed by atoms with Crippen LogP contribution in [0.15, 0.2) is 53.0 Å². The van der Waals surface area contributed by atoms with E-state index in [2.05, 4.69) is 21.2 Å². The van der Waals surface area contributed by atoms with E-state index in [0.29, 0.717) is 11.6 Å². The molecule has 0 radical (unpaired) electrons. The molecule has 0 aliphatic rings. The lowest BCUT2D eigenvalue weighted by molar-refractivity contribution is -0.143. The lowest BCUT2D eigenvalue weighted by Crippen LogP contribution is -2.29. The summed E-state index contributed by atoms with van der Waals surface area (Å²) in [6.07, 6.45) is 0. The number of carbonyl (C=O) groups excluding carboxylic acids is 1. The predicted octanol–water partition coefficient (Wildman–Crippen LogP) is 4.11. The van der Waals surface area contributed by atoms with Gasteiger partial charge >= 0.3 is 5.97 Å². The predicted molar refractivity (Wildman–Crippen MR) is 87.2 cm³/mol. The second kappa shape index (κ2) is 7.59. The average molecular weight is 369 g/mol. The SMILES string of the molecule is COC(=O)C(NCc1ccc(Cl)c(Br)c1)c1ccccc1. The smallest absolute Gasteiger partial charge is 0.327 e. The van der Waals surface area contributed by atoms with Crippen molar-refractivity contribution in [2.45, 2.75) is 12.6 Å². The molecule has 0 spiro atoms. The first-order valence-corrected chi connectivity index (χ1v) is 7.59. The molecule has 1 unspecified atom stereocenters. The van der Waals surface area contributed by atoms with Gasteiger partial charge in [-0.25, -0.2) is 4.79 Å². The highest BCUT2D eigenvalue weighted by Crippen LogP contribution is 2.23. The second-order valence-corrected chi connectivity index (χ2v) is 5.76. The highest BCUT2D eigenvalue weighted by molar-refractivity contribution is 9.10. The quantitative estimate of drug-likeness (QED) is 0.807. The molecule has 0 fully saturated rings. The number of ether oxygens (including phenoxy) is 1. The molecule has 2 aromatic rings. The summed E-state index contributed by atoms with van der Waals surface area (Å²) in [6, 6.07) is 14.7. The molecule has 0 amide bonds. The number of hydrogen-bond acceptors (Lipinski definition) is 3. The lowest BCUT2D eigenvalue weighted by Gasteiger charge is -2.17. The van der Waals surface area contributed by atoms with E-state index in [1.807, 2.05) is 48.5 Å². The van der Waals surface area contributed by atoms with E-state index in [4.69, 9.17) is 16.3 Å². The Hall–Kier alpha value is -1.36. The van der Waals surface area contributed by atoms with Gasteiger partial charge in [-0.1, -0.05) is 48.0 Å². The average Bonchev–Trinajstić information content (AvgIpc) is 2.51. The van der Waals surface area contributed by atoms with E-state index in [9.17, 15) is 4.79 Å². The molecule has 2 aromatic carbocycles. The van der Waals surface area contributed by atoms with Crippen LogP contribution in [0.25, 0.3) is 0 Å². The van der Waals surface area contributed by atoms with Gasteiger partial charge in [0.25, 0.3) is 0 Å². The molecule has 0 bridgehead atoms. The Labute approximate surface area is 137 Å². The maximum atomic E-state index is 11.9. The van der Waals surface area contributed by atoms with Crippen molar-refractivity contribution in [3.8, 4) is 0 Å². The van der Waals surface area contributed by atoms with Crippen LogP contribution in [0, 0.1) is 0 Å². The topological polar surface area (TPSA) is 38.3 Å². The Bertz CT molecular complexity index is 619. The molecule has 0 aromatic heterocycles. The van der Waals surface area contributed by atoms with Crippen molar-refractivity contribution in [1.29, 1.82) is 0 Å². The minimum Gasteiger partial charge on any atom is -0.468 e. The van der Waals surface area contributed by atoms with Crippen molar-refractivity contribution in [3.63, 3.8) is 0 Å². The van der Waals surface area contributed by atoms with Crippen LogP contribution in [0.3, 0.4) is 0 Å². The standard InChI is InChI=1S/C16H15BrClNO2/c1-21-16(20)15(12-5-3-2-4-6-12)19-10-11-7-8-14(18)13(17)9-11/h2-9,15,19H,10H2,1H3. The van der Waals surface area contributed by atoms with Gasteiger partial charge in [-0.3, -0.25) is 5.32 Å². The van der Waals surface area contributed by atoms with Crippen molar-refractivity contribution in [3.05, 3.63) is 69.2 Å². The van der Waals surface area contributed by atoms with Crippen LogP contribution >= 0.6 is 27.5 Å². The zero-order valence-corrected chi connectivity index (χ0v) is 13.8. The van der Waals surface area contributed by atoms with Crippen LogP contribution in [0.1, 0.15) is 17.2 Å². The first kappa shape index (κ1) is 16.0. The minimum absolute atomic E-state index is 0.311. The van der Waals surface area contributed by atoms with Crippen LogP contribution in [0.4, 0.5) is 0 Å². The van der Waals surface area contributed by atoms with Crippen molar-refractivity contribution in [2.24, 2.45) is 0 Å². The molecular formula is C16H15BrClNO2. The third kappa shape index (κ3) is 4.30. The Morgan fingerprint density at radius 1 is 1.29 bits per heavy atom. The Morgan fingerprint density at radius 2 is 2.00 bits per heavy atom. The Balaban J connectivity index is 2.12. The van der Waals surface area contributed by atoms with Gasteiger partial charge < -0.3 is 4.74 Å². The zero-order chi connectivity index (χ0) is 15.2. The van der Waals surface area contributed by atoms with Crippen LogP contribution in [-0.4, -0.2) is 13.1 Å². The summed E-state index contributed by atoms with van der Waals surface area (Å²) in [5.41, 5.74) is 1.90.